The second-order valence-corrected chi connectivity index (χ2v) is 7.41. The van der Waals surface area contributed by atoms with Crippen LogP contribution in [0.5, 0.6) is 0 Å². The van der Waals surface area contributed by atoms with Gasteiger partial charge in [0.1, 0.15) is 6.04 Å². The highest BCUT2D eigenvalue weighted by molar-refractivity contribution is 7.89. The minimum atomic E-state index is -3.70. The van der Waals surface area contributed by atoms with Crippen LogP contribution in [0.15, 0.2) is 23.1 Å². The molecular formula is C16H24N2O5S. The number of carbonyl (C=O) groups excluding carboxylic acids is 1. The van der Waals surface area contributed by atoms with Crippen molar-refractivity contribution in [3.63, 3.8) is 0 Å². The van der Waals surface area contributed by atoms with Crippen LogP contribution in [0.25, 0.3) is 0 Å². The van der Waals surface area contributed by atoms with E-state index in [4.69, 9.17) is 5.11 Å². The highest BCUT2D eigenvalue weighted by atomic mass is 32.2. The summed E-state index contributed by atoms with van der Waals surface area (Å²) in [6.45, 7) is 7.19. The number of aliphatic carboxylic acids is 1. The van der Waals surface area contributed by atoms with Crippen LogP contribution in [0.2, 0.25) is 0 Å². The average Bonchev–Trinajstić information content (AvgIpc) is 2.53. The van der Waals surface area contributed by atoms with E-state index in [9.17, 15) is 18.0 Å². The zero-order valence-corrected chi connectivity index (χ0v) is 15.4. The maximum Gasteiger partial charge on any atom is 0.326 e. The lowest BCUT2D eigenvalue weighted by Gasteiger charge is -2.23. The number of benzene rings is 1. The Balaban J connectivity index is 3.33. The first-order chi connectivity index (χ1) is 11.1. The second kappa shape index (κ2) is 7.76. The van der Waals surface area contributed by atoms with Crippen LogP contribution in [0.3, 0.4) is 0 Å². The molecule has 0 bridgehead atoms. The molecule has 1 amide bonds. The molecule has 8 heteroatoms. The highest BCUT2D eigenvalue weighted by Gasteiger charge is 2.27. The molecule has 0 aliphatic carbocycles. The topological polar surface area (TPSA) is 95.0 Å². The summed E-state index contributed by atoms with van der Waals surface area (Å²) in [5.74, 6) is -1.67. The van der Waals surface area contributed by atoms with E-state index in [0.717, 1.165) is 4.90 Å². The Morgan fingerprint density at radius 1 is 1.21 bits per heavy atom. The van der Waals surface area contributed by atoms with Crippen molar-refractivity contribution in [3.05, 3.63) is 29.3 Å². The number of carboxylic acid groups (broad SMARTS) is 1. The molecule has 1 aromatic rings. The molecule has 0 saturated heterocycles. The molecule has 0 saturated carbocycles. The molecule has 24 heavy (non-hydrogen) atoms. The SMILES string of the molecule is CCN(CC)S(=O)(=O)c1cc(C(=O)N(C)C(C)C(=O)O)ccc1C. The number of hydrogen-bond donors (Lipinski definition) is 1. The van der Waals surface area contributed by atoms with Crippen molar-refractivity contribution in [1.29, 1.82) is 0 Å². The first-order valence-corrected chi connectivity index (χ1v) is 9.12. The molecule has 0 radical (unpaired) electrons. The summed E-state index contributed by atoms with van der Waals surface area (Å²) in [6, 6.07) is 3.37. The van der Waals surface area contributed by atoms with E-state index in [-0.39, 0.29) is 10.5 Å². The number of rotatable bonds is 7. The Labute approximate surface area is 142 Å². The Hall–Kier alpha value is -1.93. The van der Waals surface area contributed by atoms with Crippen molar-refractivity contribution in [1.82, 2.24) is 9.21 Å². The third-order valence-electron chi connectivity index (χ3n) is 4.02. The van der Waals surface area contributed by atoms with Crippen LogP contribution >= 0.6 is 0 Å². The summed E-state index contributed by atoms with van der Waals surface area (Å²) in [7, 11) is -2.33. The van der Waals surface area contributed by atoms with Gasteiger partial charge in [0, 0.05) is 25.7 Å². The predicted octanol–water partition coefficient (Wildman–Crippen LogP) is 1.57. The Morgan fingerprint density at radius 2 is 1.75 bits per heavy atom. The molecule has 0 heterocycles. The largest absolute Gasteiger partial charge is 0.480 e. The van der Waals surface area contributed by atoms with E-state index in [1.807, 2.05) is 0 Å². The van der Waals surface area contributed by atoms with Crippen molar-refractivity contribution in [2.45, 2.75) is 38.6 Å². The summed E-state index contributed by atoms with van der Waals surface area (Å²) in [6.07, 6.45) is 0. The monoisotopic (exact) mass is 356 g/mol. The molecule has 7 nitrogen and oxygen atoms in total. The maximum absolute atomic E-state index is 12.7. The van der Waals surface area contributed by atoms with Gasteiger partial charge in [-0.15, -0.1) is 0 Å². The van der Waals surface area contributed by atoms with Gasteiger partial charge in [0.15, 0.2) is 0 Å². The molecule has 0 fully saturated rings. The number of carbonyl (C=O) groups is 2. The van der Waals surface area contributed by atoms with Crippen LogP contribution < -0.4 is 0 Å². The summed E-state index contributed by atoms with van der Waals surface area (Å²) in [4.78, 5) is 24.6. The summed E-state index contributed by atoms with van der Waals surface area (Å²) >= 11 is 0. The van der Waals surface area contributed by atoms with Gasteiger partial charge in [-0.3, -0.25) is 4.79 Å². The van der Waals surface area contributed by atoms with Gasteiger partial charge in [-0.1, -0.05) is 19.9 Å². The van der Waals surface area contributed by atoms with Gasteiger partial charge in [0.05, 0.1) is 4.90 Å². The zero-order chi connectivity index (χ0) is 18.7. The number of carboxylic acids is 1. The number of likely N-dealkylation sites (N-methyl/N-ethyl adjacent to an activating group) is 1. The lowest BCUT2D eigenvalue weighted by atomic mass is 10.1. The van der Waals surface area contributed by atoms with Gasteiger partial charge in [0.2, 0.25) is 10.0 Å². The van der Waals surface area contributed by atoms with Gasteiger partial charge in [-0.2, -0.15) is 4.31 Å². The average molecular weight is 356 g/mol. The minimum Gasteiger partial charge on any atom is -0.480 e. The molecule has 0 spiro atoms. The van der Waals surface area contributed by atoms with E-state index in [0.29, 0.717) is 18.7 Å². The maximum atomic E-state index is 12.7. The molecule has 1 aromatic carbocycles. The van der Waals surface area contributed by atoms with E-state index >= 15 is 0 Å². The summed E-state index contributed by atoms with van der Waals surface area (Å²) < 4.78 is 26.7. The van der Waals surface area contributed by atoms with Crippen LogP contribution in [-0.2, 0) is 14.8 Å². The highest BCUT2D eigenvalue weighted by Crippen LogP contribution is 2.22. The van der Waals surface area contributed by atoms with Crippen molar-refractivity contribution >= 4 is 21.9 Å². The standard InChI is InChI=1S/C16H24N2O5S/c1-6-18(7-2)24(22,23)14-10-13(9-8-11(14)3)15(19)17(5)12(4)16(20)21/h8-10,12H,6-7H2,1-5H3,(H,20,21). The van der Waals surface area contributed by atoms with Crippen molar-refractivity contribution in [2.75, 3.05) is 20.1 Å². The fourth-order valence-corrected chi connectivity index (χ4v) is 3.97. The fourth-order valence-electron chi connectivity index (χ4n) is 2.26. The van der Waals surface area contributed by atoms with E-state index in [2.05, 4.69) is 0 Å². The number of aryl methyl sites for hydroxylation is 1. The summed E-state index contributed by atoms with van der Waals surface area (Å²) in [5, 5.41) is 9.02. The Bertz CT molecular complexity index is 726. The second-order valence-electron chi connectivity index (χ2n) is 5.50. The summed E-state index contributed by atoms with van der Waals surface area (Å²) in [5.41, 5.74) is 0.675. The fraction of sp³-hybridized carbons (Fsp3) is 0.500. The molecule has 1 atom stereocenters. The number of hydrogen-bond acceptors (Lipinski definition) is 4. The van der Waals surface area contributed by atoms with Gasteiger partial charge >= 0.3 is 5.97 Å². The van der Waals surface area contributed by atoms with Crippen molar-refractivity contribution in [2.24, 2.45) is 0 Å². The van der Waals surface area contributed by atoms with E-state index in [1.54, 1.807) is 26.8 Å². The number of amides is 1. The molecule has 0 aliphatic rings. The van der Waals surface area contributed by atoms with Crippen LogP contribution in [-0.4, -0.2) is 60.8 Å². The lowest BCUT2D eigenvalue weighted by Crippen LogP contribution is -2.40. The Morgan fingerprint density at radius 3 is 2.21 bits per heavy atom. The van der Waals surface area contributed by atoms with Crippen molar-refractivity contribution < 1.29 is 23.1 Å². The van der Waals surface area contributed by atoms with Crippen LogP contribution in [0, 0.1) is 6.92 Å². The molecule has 0 aliphatic heterocycles. The Kier molecular flexibility index (Phi) is 6.50. The van der Waals surface area contributed by atoms with Gasteiger partial charge in [-0.25, -0.2) is 13.2 Å². The van der Waals surface area contributed by atoms with Crippen LogP contribution in [0.1, 0.15) is 36.7 Å². The van der Waals surface area contributed by atoms with Gasteiger partial charge in [0.25, 0.3) is 5.91 Å². The molecule has 0 aromatic heterocycles. The van der Waals surface area contributed by atoms with Crippen molar-refractivity contribution in [3.8, 4) is 0 Å². The van der Waals surface area contributed by atoms with Gasteiger partial charge in [-0.05, 0) is 31.5 Å². The quantitative estimate of drug-likeness (QED) is 0.800. The van der Waals surface area contributed by atoms with E-state index < -0.39 is 27.9 Å². The zero-order valence-electron chi connectivity index (χ0n) is 14.6. The molecule has 1 N–H and O–H groups in total. The predicted molar refractivity (Wildman–Crippen MR) is 90.5 cm³/mol. The lowest BCUT2D eigenvalue weighted by molar-refractivity contribution is -0.141. The third-order valence-corrected chi connectivity index (χ3v) is 6.21. The molecular weight excluding hydrogens is 332 g/mol. The first-order valence-electron chi connectivity index (χ1n) is 7.68. The smallest absolute Gasteiger partial charge is 0.326 e. The number of sulfonamides is 1. The normalized spacial score (nSPS) is 12.9. The van der Waals surface area contributed by atoms with E-state index in [1.165, 1.54) is 30.4 Å². The first kappa shape index (κ1) is 20.1. The molecule has 1 rings (SSSR count). The molecule has 1 unspecified atom stereocenters. The minimum absolute atomic E-state index is 0.0634. The number of nitrogens with zero attached hydrogens (tertiary/aromatic N) is 2. The van der Waals surface area contributed by atoms with Gasteiger partial charge < -0.3 is 10.0 Å². The molecule has 134 valence electrons. The third kappa shape index (κ3) is 3.93. The van der Waals surface area contributed by atoms with Crippen LogP contribution in [0.4, 0.5) is 0 Å².